The molecule has 1 fully saturated rings. The van der Waals surface area contributed by atoms with Crippen LogP contribution in [0.1, 0.15) is 65.1 Å². The number of hydrogen-bond donors (Lipinski definition) is 1. The average Bonchev–Trinajstić information content (AvgIpc) is 3.10. The molecule has 1 aliphatic heterocycles. The van der Waals surface area contributed by atoms with E-state index >= 15 is 0 Å². The highest BCUT2D eigenvalue weighted by molar-refractivity contribution is 8.00. The predicted molar refractivity (Wildman–Crippen MR) is 93.1 cm³/mol. The van der Waals surface area contributed by atoms with Crippen molar-refractivity contribution in [3.8, 4) is 0 Å². The molecule has 21 heavy (non-hydrogen) atoms. The molecule has 2 atom stereocenters. The molecule has 1 saturated heterocycles. The molecular weight excluding hydrogens is 278 g/mol. The van der Waals surface area contributed by atoms with E-state index in [-0.39, 0.29) is 0 Å². The molecule has 2 heterocycles. The Hall–Kier alpha value is -0.480. The summed E-state index contributed by atoms with van der Waals surface area (Å²) in [6.45, 7) is 10.2. The van der Waals surface area contributed by atoms with E-state index in [9.17, 15) is 0 Å². The second-order valence-electron chi connectivity index (χ2n) is 6.34. The second-order valence-corrected chi connectivity index (χ2v) is 7.97. The van der Waals surface area contributed by atoms with E-state index in [4.69, 9.17) is 5.10 Å². The lowest BCUT2D eigenvalue weighted by molar-refractivity contribution is 0.393. The van der Waals surface area contributed by atoms with E-state index in [1.807, 2.05) is 0 Å². The summed E-state index contributed by atoms with van der Waals surface area (Å²) in [7, 11) is 0. The van der Waals surface area contributed by atoms with Gasteiger partial charge < -0.3 is 5.32 Å². The Balaban J connectivity index is 2.06. The molecule has 2 unspecified atom stereocenters. The van der Waals surface area contributed by atoms with Crippen LogP contribution in [0.5, 0.6) is 0 Å². The highest BCUT2D eigenvalue weighted by atomic mass is 32.2. The van der Waals surface area contributed by atoms with Gasteiger partial charge in [0.05, 0.1) is 11.7 Å². The van der Waals surface area contributed by atoms with Gasteiger partial charge in [-0.15, -0.1) is 0 Å². The molecule has 1 aromatic rings. The Bertz CT molecular complexity index is 419. The molecule has 1 N–H and O–H groups in total. The number of nitrogens with zero attached hydrogens (tertiary/aromatic N) is 2. The Morgan fingerprint density at radius 3 is 2.71 bits per heavy atom. The Morgan fingerprint density at radius 2 is 2.14 bits per heavy atom. The SMILES string of the molecule is CCNC(Cc1ccn(C(CC)CC)n1)C1(C)CCCS1. The fourth-order valence-electron chi connectivity index (χ4n) is 3.39. The van der Waals surface area contributed by atoms with E-state index in [2.05, 4.69) is 61.7 Å². The van der Waals surface area contributed by atoms with Crippen molar-refractivity contribution in [2.45, 2.75) is 76.6 Å². The fraction of sp³-hybridized carbons (Fsp3) is 0.824. The van der Waals surface area contributed by atoms with E-state index in [0.29, 0.717) is 16.8 Å². The van der Waals surface area contributed by atoms with E-state index in [1.54, 1.807) is 0 Å². The molecule has 0 aromatic carbocycles. The van der Waals surface area contributed by atoms with Crippen molar-refractivity contribution in [3.63, 3.8) is 0 Å². The molecule has 4 heteroatoms. The van der Waals surface area contributed by atoms with Crippen LogP contribution in [0.3, 0.4) is 0 Å². The van der Waals surface area contributed by atoms with Crippen molar-refractivity contribution in [2.75, 3.05) is 12.3 Å². The normalized spacial score (nSPS) is 23.9. The smallest absolute Gasteiger partial charge is 0.0640 e. The van der Waals surface area contributed by atoms with Crippen LogP contribution in [-0.2, 0) is 6.42 Å². The van der Waals surface area contributed by atoms with Crippen molar-refractivity contribution in [1.82, 2.24) is 15.1 Å². The summed E-state index contributed by atoms with van der Waals surface area (Å²) >= 11 is 2.14. The van der Waals surface area contributed by atoms with Crippen LogP contribution in [0.15, 0.2) is 12.3 Å². The monoisotopic (exact) mass is 309 g/mol. The third-order valence-corrected chi connectivity index (χ3v) is 6.47. The largest absolute Gasteiger partial charge is 0.312 e. The van der Waals surface area contributed by atoms with Gasteiger partial charge in [0.1, 0.15) is 0 Å². The topological polar surface area (TPSA) is 29.9 Å². The maximum absolute atomic E-state index is 4.84. The molecule has 1 aliphatic rings. The molecule has 0 bridgehead atoms. The zero-order chi connectivity index (χ0) is 15.3. The van der Waals surface area contributed by atoms with E-state index in [1.165, 1.54) is 24.3 Å². The van der Waals surface area contributed by atoms with Gasteiger partial charge in [-0.05, 0) is 51.0 Å². The van der Waals surface area contributed by atoms with Gasteiger partial charge in [-0.2, -0.15) is 16.9 Å². The van der Waals surface area contributed by atoms with Gasteiger partial charge in [-0.25, -0.2) is 0 Å². The van der Waals surface area contributed by atoms with Crippen LogP contribution < -0.4 is 5.32 Å². The molecule has 1 aromatic heterocycles. The van der Waals surface area contributed by atoms with Gasteiger partial charge in [-0.3, -0.25) is 4.68 Å². The van der Waals surface area contributed by atoms with Crippen molar-refractivity contribution in [3.05, 3.63) is 18.0 Å². The number of likely N-dealkylation sites (N-methyl/N-ethyl adjacent to an activating group) is 1. The van der Waals surface area contributed by atoms with Gasteiger partial charge in [0.2, 0.25) is 0 Å². The summed E-state index contributed by atoms with van der Waals surface area (Å²) in [5, 5.41) is 8.55. The van der Waals surface area contributed by atoms with Crippen LogP contribution in [0.4, 0.5) is 0 Å². The van der Waals surface area contributed by atoms with E-state index < -0.39 is 0 Å². The number of thioether (sulfide) groups is 1. The number of rotatable bonds is 8. The minimum atomic E-state index is 0.370. The van der Waals surface area contributed by atoms with Crippen molar-refractivity contribution < 1.29 is 0 Å². The molecule has 0 radical (unpaired) electrons. The lowest BCUT2D eigenvalue weighted by atomic mass is 9.92. The first-order valence-electron chi connectivity index (χ1n) is 8.54. The molecule has 0 amide bonds. The molecule has 0 saturated carbocycles. The summed E-state index contributed by atoms with van der Waals surface area (Å²) in [4.78, 5) is 0. The van der Waals surface area contributed by atoms with Gasteiger partial charge >= 0.3 is 0 Å². The third kappa shape index (κ3) is 4.04. The minimum absolute atomic E-state index is 0.370. The van der Waals surface area contributed by atoms with Crippen LogP contribution in [0.25, 0.3) is 0 Å². The zero-order valence-corrected chi connectivity index (χ0v) is 14.9. The molecule has 0 aliphatic carbocycles. The molecule has 120 valence electrons. The lowest BCUT2D eigenvalue weighted by Gasteiger charge is -2.33. The number of hydrogen-bond acceptors (Lipinski definition) is 3. The second kappa shape index (κ2) is 7.68. The van der Waals surface area contributed by atoms with Crippen molar-refractivity contribution >= 4 is 11.8 Å². The third-order valence-electron chi connectivity index (χ3n) is 4.83. The summed E-state index contributed by atoms with van der Waals surface area (Å²) in [5.41, 5.74) is 1.24. The molecular formula is C17H31N3S. The van der Waals surface area contributed by atoms with Gasteiger partial charge in [-0.1, -0.05) is 20.8 Å². The highest BCUT2D eigenvalue weighted by Gasteiger charge is 2.37. The van der Waals surface area contributed by atoms with E-state index in [0.717, 1.165) is 25.8 Å². The lowest BCUT2D eigenvalue weighted by Crippen LogP contribution is -2.46. The molecule has 0 spiro atoms. The van der Waals surface area contributed by atoms with Crippen LogP contribution in [0.2, 0.25) is 0 Å². The maximum atomic E-state index is 4.84. The quantitative estimate of drug-likeness (QED) is 0.785. The first kappa shape index (κ1) is 16.9. The van der Waals surface area contributed by atoms with Gasteiger partial charge in [0.15, 0.2) is 0 Å². The van der Waals surface area contributed by atoms with Crippen molar-refractivity contribution in [2.24, 2.45) is 0 Å². The number of nitrogens with one attached hydrogen (secondary N) is 1. The Morgan fingerprint density at radius 1 is 1.38 bits per heavy atom. The van der Waals surface area contributed by atoms with Gasteiger partial charge in [0.25, 0.3) is 0 Å². The first-order chi connectivity index (χ1) is 10.1. The summed E-state index contributed by atoms with van der Waals surface area (Å²) in [6.07, 6.45) is 8.20. The standard InChI is InChI=1S/C17H31N3S/c1-5-15(6-2)20-11-9-14(19-20)13-16(18-7-3)17(4)10-8-12-21-17/h9,11,15-16,18H,5-8,10,12-13H2,1-4H3. The average molecular weight is 310 g/mol. The molecule has 3 nitrogen and oxygen atoms in total. The molecule has 2 rings (SSSR count). The van der Waals surface area contributed by atoms with Crippen LogP contribution in [0, 0.1) is 0 Å². The number of aromatic nitrogens is 2. The Kier molecular flexibility index (Phi) is 6.18. The predicted octanol–water partition coefficient (Wildman–Crippen LogP) is 4.05. The fourth-order valence-corrected chi connectivity index (χ4v) is 4.80. The maximum Gasteiger partial charge on any atom is 0.0640 e. The first-order valence-corrected chi connectivity index (χ1v) is 9.52. The van der Waals surface area contributed by atoms with Crippen LogP contribution >= 0.6 is 11.8 Å². The summed E-state index contributed by atoms with van der Waals surface area (Å²) < 4.78 is 2.54. The van der Waals surface area contributed by atoms with Gasteiger partial charge in [0, 0.05) is 23.4 Å². The highest BCUT2D eigenvalue weighted by Crippen LogP contribution is 2.41. The Labute approximate surface area is 134 Å². The summed E-state index contributed by atoms with van der Waals surface area (Å²) in [6, 6.07) is 3.29. The van der Waals surface area contributed by atoms with Crippen LogP contribution in [-0.4, -0.2) is 32.9 Å². The minimum Gasteiger partial charge on any atom is -0.312 e. The summed E-state index contributed by atoms with van der Waals surface area (Å²) in [5.74, 6) is 1.31. The van der Waals surface area contributed by atoms with Crippen molar-refractivity contribution in [1.29, 1.82) is 0 Å². The zero-order valence-electron chi connectivity index (χ0n) is 14.1.